The maximum absolute atomic E-state index is 11.7. The Kier molecular flexibility index (Phi) is 4.73. The lowest BCUT2D eigenvalue weighted by Crippen LogP contribution is -2.42. The van der Waals surface area contributed by atoms with Crippen molar-refractivity contribution in [3.05, 3.63) is 28.2 Å². The van der Waals surface area contributed by atoms with E-state index in [0.717, 1.165) is 0 Å². The number of amides is 2. The van der Waals surface area contributed by atoms with Crippen LogP contribution in [0.5, 0.6) is 5.75 Å². The number of likely N-dealkylation sites (N-methyl/N-ethyl adjacent to an activating group) is 1. The summed E-state index contributed by atoms with van der Waals surface area (Å²) in [5.74, 6) is -0.0218. The second-order valence-electron chi connectivity index (χ2n) is 4.56. The summed E-state index contributed by atoms with van der Waals surface area (Å²) in [7, 11) is 1.71. The van der Waals surface area contributed by atoms with Crippen molar-refractivity contribution in [1.82, 2.24) is 10.2 Å². The van der Waals surface area contributed by atoms with Crippen LogP contribution in [0.4, 0.5) is 0 Å². The molecule has 0 spiro atoms. The summed E-state index contributed by atoms with van der Waals surface area (Å²) in [5.41, 5.74) is 0. The third kappa shape index (κ3) is 3.77. The highest BCUT2D eigenvalue weighted by Gasteiger charge is 2.30. The van der Waals surface area contributed by atoms with Crippen molar-refractivity contribution in [2.24, 2.45) is 0 Å². The Morgan fingerprint density at radius 3 is 2.60 bits per heavy atom. The van der Waals surface area contributed by atoms with Crippen molar-refractivity contribution in [2.75, 3.05) is 20.2 Å². The molecular formula is C13H14Cl2N2O3. The van der Waals surface area contributed by atoms with E-state index in [0.29, 0.717) is 28.8 Å². The van der Waals surface area contributed by atoms with Crippen LogP contribution >= 0.6 is 23.2 Å². The molecule has 1 fully saturated rings. The van der Waals surface area contributed by atoms with Gasteiger partial charge in [0.05, 0.1) is 0 Å². The number of likely N-dealkylation sites (tertiary alicyclic amines) is 1. The molecule has 0 aromatic heterocycles. The van der Waals surface area contributed by atoms with Gasteiger partial charge in [-0.05, 0) is 24.6 Å². The van der Waals surface area contributed by atoms with Crippen LogP contribution in [0.1, 0.15) is 6.42 Å². The predicted molar refractivity (Wildman–Crippen MR) is 76.1 cm³/mol. The molecule has 108 valence electrons. The minimum Gasteiger partial charge on any atom is -0.484 e. The molecule has 1 aromatic carbocycles. The van der Waals surface area contributed by atoms with Gasteiger partial charge in [0, 0.05) is 23.6 Å². The van der Waals surface area contributed by atoms with Crippen LogP contribution in [0.3, 0.4) is 0 Å². The molecule has 1 heterocycles. The second kappa shape index (κ2) is 6.33. The van der Waals surface area contributed by atoms with Gasteiger partial charge in [-0.1, -0.05) is 23.2 Å². The zero-order valence-corrected chi connectivity index (χ0v) is 12.4. The van der Waals surface area contributed by atoms with Gasteiger partial charge in [0.1, 0.15) is 11.8 Å². The molecule has 1 aliphatic heterocycles. The van der Waals surface area contributed by atoms with Gasteiger partial charge in [0.2, 0.25) is 5.91 Å². The summed E-state index contributed by atoms with van der Waals surface area (Å²) in [6, 6.07) is 4.24. The third-order valence-electron chi connectivity index (χ3n) is 2.97. The van der Waals surface area contributed by atoms with E-state index < -0.39 is 6.04 Å². The topological polar surface area (TPSA) is 58.6 Å². The van der Waals surface area contributed by atoms with E-state index in [1.165, 1.54) is 0 Å². The van der Waals surface area contributed by atoms with E-state index in [9.17, 15) is 9.59 Å². The summed E-state index contributed by atoms with van der Waals surface area (Å²) in [6.45, 7) is 0.457. The Morgan fingerprint density at radius 2 is 2.05 bits per heavy atom. The van der Waals surface area contributed by atoms with Crippen molar-refractivity contribution in [3.8, 4) is 5.75 Å². The quantitative estimate of drug-likeness (QED) is 0.920. The molecule has 7 heteroatoms. The van der Waals surface area contributed by atoms with Gasteiger partial charge in [0.15, 0.2) is 6.61 Å². The highest BCUT2D eigenvalue weighted by molar-refractivity contribution is 6.34. The molecule has 0 bridgehead atoms. The molecular weight excluding hydrogens is 303 g/mol. The number of benzene rings is 1. The summed E-state index contributed by atoms with van der Waals surface area (Å²) in [5, 5.41) is 3.50. The highest BCUT2D eigenvalue weighted by atomic mass is 35.5. The summed E-state index contributed by atoms with van der Waals surface area (Å²) in [6.07, 6.45) is 0.615. The maximum Gasteiger partial charge on any atom is 0.258 e. The SMILES string of the molecule is CN1CCC(NC(=O)COc2cc(Cl)cc(Cl)c2)C1=O. The van der Waals surface area contributed by atoms with Crippen LogP contribution in [-0.4, -0.2) is 43.0 Å². The van der Waals surface area contributed by atoms with Crippen LogP contribution in [0, 0.1) is 0 Å². The number of hydrogen-bond donors (Lipinski definition) is 1. The Morgan fingerprint density at radius 1 is 1.40 bits per heavy atom. The van der Waals surface area contributed by atoms with E-state index in [2.05, 4.69) is 5.32 Å². The average Bonchev–Trinajstić information content (AvgIpc) is 2.67. The maximum atomic E-state index is 11.7. The van der Waals surface area contributed by atoms with Crippen molar-refractivity contribution in [1.29, 1.82) is 0 Å². The first kappa shape index (κ1) is 14.9. The largest absolute Gasteiger partial charge is 0.484 e. The number of carbonyl (C=O) groups is 2. The van der Waals surface area contributed by atoms with Crippen LogP contribution < -0.4 is 10.1 Å². The van der Waals surface area contributed by atoms with Crippen molar-refractivity contribution >= 4 is 35.0 Å². The van der Waals surface area contributed by atoms with E-state index in [4.69, 9.17) is 27.9 Å². The Balaban J connectivity index is 1.85. The zero-order chi connectivity index (χ0) is 14.7. The fraction of sp³-hybridized carbons (Fsp3) is 0.385. The standard InChI is InChI=1S/C13H14Cl2N2O3/c1-17-3-2-11(13(17)19)16-12(18)7-20-10-5-8(14)4-9(15)6-10/h4-6,11H,2-3,7H2,1H3,(H,16,18). The van der Waals surface area contributed by atoms with E-state index >= 15 is 0 Å². The molecule has 2 amide bonds. The van der Waals surface area contributed by atoms with Crippen LogP contribution in [-0.2, 0) is 9.59 Å². The number of ether oxygens (including phenoxy) is 1. The highest BCUT2D eigenvalue weighted by Crippen LogP contribution is 2.24. The number of halogens is 2. The number of nitrogens with one attached hydrogen (secondary N) is 1. The molecule has 5 nitrogen and oxygen atoms in total. The monoisotopic (exact) mass is 316 g/mol. The lowest BCUT2D eigenvalue weighted by Gasteiger charge is -2.13. The molecule has 1 aromatic rings. The van der Waals surface area contributed by atoms with Crippen LogP contribution in [0.2, 0.25) is 10.0 Å². The smallest absolute Gasteiger partial charge is 0.258 e. The van der Waals surface area contributed by atoms with E-state index in [-0.39, 0.29) is 18.4 Å². The first-order valence-corrected chi connectivity index (χ1v) is 6.84. The summed E-state index contributed by atoms with van der Waals surface area (Å²) >= 11 is 11.6. The number of nitrogens with zero attached hydrogens (tertiary/aromatic N) is 1. The molecule has 1 unspecified atom stereocenters. The van der Waals surface area contributed by atoms with E-state index in [1.54, 1.807) is 30.1 Å². The fourth-order valence-corrected chi connectivity index (χ4v) is 2.46. The predicted octanol–water partition coefficient (Wildman–Crippen LogP) is 1.72. The molecule has 0 radical (unpaired) electrons. The van der Waals surface area contributed by atoms with Gasteiger partial charge in [-0.25, -0.2) is 0 Å². The van der Waals surface area contributed by atoms with Crippen molar-refractivity contribution < 1.29 is 14.3 Å². The lowest BCUT2D eigenvalue weighted by atomic mass is 10.2. The normalized spacial score (nSPS) is 18.2. The minimum absolute atomic E-state index is 0.0795. The summed E-state index contributed by atoms with van der Waals surface area (Å²) < 4.78 is 5.30. The lowest BCUT2D eigenvalue weighted by molar-refractivity contribution is -0.132. The van der Waals surface area contributed by atoms with Crippen LogP contribution in [0.25, 0.3) is 0 Å². The first-order valence-electron chi connectivity index (χ1n) is 6.09. The Hall–Kier alpha value is -1.46. The first-order chi connectivity index (χ1) is 9.45. The zero-order valence-electron chi connectivity index (χ0n) is 10.9. The molecule has 1 atom stereocenters. The molecule has 0 aliphatic carbocycles. The Bertz CT molecular complexity index is 516. The Labute approximate surface area is 126 Å². The second-order valence-corrected chi connectivity index (χ2v) is 5.44. The van der Waals surface area contributed by atoms with Gasteiger partial charge < -0.3 is 15.0 Å². The molecule has 1 aliphatic rings. The number of rotatable bonds is 4. The fourth-order valence-electron chi connectivity index (χ4n) is 1.95. The molecule has 1 saturated heterocycles. The summed E-state index contributed by atoms with van der Waals surface area (Å²) in [4.78, 5) is 24.9. The molecule has 0 saturated carbocycles. The molecule has 1 N–H and O–H groups in total. The van der Waals surface area contributed by atoms with Gasteiger partial charge in [-0.15, -0.1) is 0 Å². The number of hydrogen-bond acceptors (Lipinski definition) is 3. The minimum atomic E-state index is -0.459. The van der Waals surface area contributed by atoms with Crippen molar-refractivity contribution in [3.63, 3.8) is 0 Å². The number of carbonyl (C=O) groups excluding carboxylic acids is 2. The van der Waals surface area contributed by atoms with Gasteiger partial charge >= 0.3 is 0 Å². The molecule has 2 rings (SSSR count). The van der Waals surface area contributed by atoms with Gasteiger partial charge in [0.25, 0.3) is 5.91 Å². The third-order valence-corrected chi connectivity index (χ3v) is 3.41. The van der Waals surface area contributed by atoms with Crippen LogP contribution in [0.15, 0.2) is 18.2 Å². The average molecular weight is 317 g/mol. The molecule has 20 heavy (non-hydrogen) atoms. The van der Waals surface area contributed by atoms with Gasteiger partial charge in [-0.2, -0.15) is 0 Å². The van der Waals surface area contributed by atoms with Gasteiger partial charge in [-0.3, -0.25) is 9.59 Å². The van der Waals surface area contributed by atoms with E-state index in [1.807, 2.05) is 0 Å². The van der Waals surface area contributed by atoms with Crippen molar-refractivity contribution in [2.45, 2.75) is 12.5 Å².